The molecule has 1 saturated carbocycles. The Balaban J connectivity index is 1.75. The lowest BCUT2D eigenvalue weighted by Gasteiger charge is -2.34. The third kappa shape index (κ3) is 7.46. The van der Waals surface area contributed by atoms with E-state index in [2.05, 4.69) is 5.32 Å². The van der Waals surface area contributed by atoms with Crippen molar-refractivity contribution in [2.45, 2.75) is 76.4 Å². The molecule has 7 nitrogen and oxygen atoms in total. The molecule has 0 bridgehead atoms. The topological polar surface area (TPSA) is 86.8 Å². The Morgan fingerprint density at radius 1 is 0.952 bits per heavy atom. The summed E-state index contributed by atoms with van der Waals surface area (Å²) in [5, 5.41) is 3.29. The zero-order valence-corrected chi connectivity index (χ0v) is 26.5. The Morgan fingerprint density at radius 3 is 2.26 bits per heavy atom. The van der Waals surface area contributed by atoms with E-state index in [-0.39, 0.29) is 39.1 Å². The first-order valence-corrected chi connectivity index (χ1v) is 16.4. The maximum atomic E-state index is 14.3. The maximum Gasteiger partial charge on any atom is 0.264 e. The summed E-state index contributed by atoms with van der Waals surface area (Å²) in [6.45, 7) is 5.23. The largest absolute Gasteiger partial charge is 0.352 e. The zero-order valence-electron chi connectivity index (χ0n) is 24.1. The van der Waals surface area contributed by atoms with E-state index >= 15 is 0 Å². The van der Waals surface area contributed by atoms with Gasteiger partial charge in [-0.3, -0.25) is 13.9 Å². The fraction of sp³-hybridized carbons (Fsp3) is 0.375. The van der Waals surface area contributed by atoms with Gasteiger partial charge in [0.25, 0.3) is 10.0 Å². The van der Waals surface area contributed by atoms with Gasteiger partial charge in [-0.15, -0.1) is 0 Å². The molecular weight excluding hydrogens is 593 g/mol. The Bertz CT molecular complexity index is 1520. The van der Waals surface area contributed by atoms with E-state index in [0.717, 1.165) is 46.7 Å². The van der Waals surface area contributed by atoms with Crippen molar-refractivity contribution in [2.24, 2.45) is 0 Å². The summed E-state index contributed by atoms with van der Waals surface area (Å²) in [6, 6.07) is 18.0. The summed E-state index contributed by atoms with van der Waals surface area (Å²) in [5.74, 6) is -0.768. The van der Waals surface area contributed by atoms with Gasteiger partial charge in [-0.05, 0) is 62.9 Å². The lowest BCUT2D eigenvalue weighted by atomic mass is 10.1. The number of carbonyl (C=O) groups is 2. The molecule has 1 fully saturated rings. The van der Waals surface area contributed by atoms with Crippen LogP contribution in [0.3, 0.4) is 0 Å². The molecule has 224 valence electrons. The number of anilines is 1. The van der Waals surface area contributed by atoms with Crippen molar-refractivity contribution >= 4 is 50.7 Å². The molecule has 10 heteroatoms. The van der Waals surface area contributed by atoms with E-state index in [4.69, 9.17) is 23.2 Å². The molecule has 1 unspecified atom stereocenters. The average molecular weight is 631 g/mol. The monoisotopic (exact) mass is 629 g/mol. The molecule has 3 aromatic carbocycles. The molecule has 0 radical (unpaired) electrons. The van der Waals surface area contributed by atoms with Gasteiger partial charge in [0.1, 0.15) is 12.6 Å². The van der Waals surface area contributed by atoms with Crippen LogP contribution in [0.5, 0.6) is 0 Å². The number of nitrogens with zero attached hydrogens (tertiary/aromatic N) is 2. The van der Waals surface area contributed by atoms with Crippen LogP contribution in [0.4, 0.5) is 5.69 Å². The SMILES string of the molecule is CCC(C(=O)NC1CCCC1)N(Cc1cccc(C)c1)C(=O)CN(c1cccc(Cl)c1Cl)S(=O)(=O)c1ccc(C)cc1. The normalized spacial score (nSPS) is 14.4. The predicted molar refractivity (Wildman–Crippen MR) is 168 cm³/mol. The number of hydrogen-bond donors (Lipinski definition) is 1. The van der Waals surface area contributed by atoms with Crippen LogP contribution in [0.15, 0.2) is 71.6 Å². The molecule has 3 aromatic rings. The molecule has 1 N–H and O–H groups in total. The second-order valence-electron chi connectivity index (χ2n) is 10.8. The van der Waals surface area contributed by atoms with Crippen LogP contribution in [-0.2, 0) is 26.2 Å². The van der Waals surface area contributed by atoms with Crippen molar-refractivity contribution in [1.29, 1.82) is 0 Å². The minimum absolute atomic E-state index is 0.00759. The predicted octanol–water partition coefficient (Wildman–Crippen LogP) is 6.67. The molecular formula is C32H37Cl2N3O4S. The first kappa shape index (κ1) is 31.9. The standard InChI is InChI=1S/C32H37Cl2N3O4S/c1-4-28(32(39)35-25-11-5-6-12-25)36(20-24-10-7-9-23(3)19-24)30(38)21-37(29-14-8-13-27(33)31(29)34)42(40,41)26-17-15-22(2)16-18-26/h7-10,13-19,25,28H,4-6,11-12,20-21H2,1-3H3,(H,35,39). The van der Waals surface area contributed by atoms with Crippen molar-refractivity contribution in [3.63, 3.8) is 0 Å². The summed E-state index contributed by atoms with van der Waals surface area (Å²) in [5.41, 5.74) is 2.82. The van der Waals surface area contributed by atoms with Crippen LogP contribution < -0.4 is 9.62 Å². The van der Waals surface area contributed by atoms with E-state index in [9.17, 15) is 18.0 Å². The van der Waals surface area contributed by atoms with E-state index in [1.807, 2.05) is 45.0 Å². The van der Waals surface area contributed by atoms with Gasteiger partial charge in [0.2, 0.25) is 11.8 Å². The van der Waals surface area contributed by atoms with Crippen LogP contribution >= 0.6 is 23.2 Å². The van der Waals surface area contributed by atoms with Gasteiger partial charge in [0.15, 0.2) is 0 Å². The van der Waals surface area contributed by atoms with Gasteiger partial charge >= 0.3 is 0 Å². The number of aryl methyl sites for hydroxylation is 2. The molecule has 42 heavy (non-hydrogen) atoms. The van der Waals surface area contributed by atoms with Crippen molar-refractivity contribution in [2.75, 3.05) is 10.8 Å². The highest BCUT2D eigenvalue weighted by atomic mass is 35.5. The quantitative estimate of drug-likeness (QED) is 0.256. The summed E-state index contributed by atoms with van der Waals surface area (Å²) in [4.78, 5) is 29.3. The fourth-order valence-corrected chi connectivity index (χ4v) is 7.20. The number of benzene rings is 3. The third-order valence-corrected chi connectivity index (χ3v) is 10.2. The Labute approximate surface area is 258 Å². The van der Waals surface area contributed by atoms with Crippen LogP contribution in [0.1, 0.15) is 55.7 Å². The number of halogens is 2. The molecule has 1 atom stereocenters. The van der Waals surface area contributed by atoms with Crippen molar-refractivity contribution in [3.8, 4) is 0 Å². The molecule has 0 heterocycles. The van der Waals surface area contributed by atoms with Crippen LogP contribution in [0.25, 0.3) is 0 Å². The highest BCUT2D eigenvalue weighted by molar-refractivity contribution is 7.92. The van der Waals surface area contributed by atoms with Gasteiger partial charge in [-0.1, -0.05) is 96.6 Å². The lowest BCUT2D eigenvalue weighted by molar-refractivity contribution is -0.140. The van der Waals surface area contributed by atoms with Gasteiger partial charge in [-0.2, -0.15) is 0 Å². The highest BCUT2D eigenvalue weighted by Crippen LogP contribution is 2.35. The van der Waals surface area contributed by atoms with E-state index in [1.54, 1.807) is 24.3 Å². The van der Waals surface area contributed by atoms with Gasteiger partial charge < -0.3 is 10.2 Å². The number of amides is 2. The zero-order chi connectivity index (χ0) is 30.4. The summed E-state index contributed by atoms with van der Waals surface area (Å²) >= 11 is 12.8. The molecule has 0 aliphatic heterocycles. The van der Waals surface area contributed by atoms with E-state index in [0.29, 0.717) is 6.42 Å². The molecule has 4 rings (SSSR count). The second-order valence-corrected chi connectivity index (χ2v) is 13.5. The molecule has 1 aliphatic rings. The van der Waals surface area contributed by atoms with Gasteiger partial charge in [0.05, 0.1) is 20.6 Å². The molecule has 0 saturated heterocycles. The second kappa shape index (κ2) is 13.9. The Hall–Kier alpha value is -3.07. The number of rotatable bonds is 11. The number of hydrogen-bond acceptors (Lipinski definition) is 4. The first-order valence-electron chi connectivity index (χ1n) is 14.2. The van der Waals surface area contributed by atoms with Crippen LogP contribution in [0.2, 0.25) is 10.0 Å². The number of sulfonamides is 1. The first-order chi connectivity index (χ1) is 20.0. The summed E-state index contributed by atoms with van der Waals surface area (Å²) in [6.07, 6.45) is 4.28. The Morgan fingerprint density at radius 2 is 1.62 bits per heavy atom. The number of nitrogens with one attached hydrogen (secondary N) is 1. The summed E-state index contributed by atoms with van der Waals surface area (Å²) < 4.78 is 29.1. The molecule has 2 amide bonds. The van der Waals surface area contributed by atoms with E-state index < -0.39 is 28.5 Å². The van der Waals surface area contributed by atoms with Crippen molar-refractivity contribution in [3.05, 3.63) is 93.5 Å². The van der Waals surface area contributed by atoms with Crippen molar-refractivity contribution in [1.82, 2.24) is 10.2 Å². The molecule has 1 aliphatic carbocycles. The van der Waals surface area contributed by atoms with Crippen LogP contribution in [-0.4, -0.2) is 43.8 Å². The minimum atomic E-state index is -4.25. The smallest absolute Gasteiger partial charge is 0.264 e. The molecule has 0 aromatic heterocycles. The van der Waals surface area contributed by atoms with Crippen molar-refractivity contribution < 1.29 is 18.0 Å². The highest BCUT2D eigenvalue weighted by Gasteiger charge is 2.35. The third-order valence-electron chi connectivity index (χ3n) is 7.61. The molecule has 0 spiro atoms. The van der Waals surface area contributed by atoms with Gasteiger partial charge in [0, 0.05) is 12.6 Å². The average Bonchev–Trinajstić information content (AvgIpc) is 3.46. The Kier molecular flexibility index (Phi) is 10.6. The summed E-state index contributed by atoms with van der Waals surface area (Å²) in [7, 11) is -4.25. The maximum absolute atomic E-state index is 14.3. The number of carbonyl (C=O) groups excluding carboxylic acids is 2. The van der Waals surface area contributed by atoms with Crippen LogP contribution in [0, 0.1) is 13.8 Å². The van der Waals surface area contributed by atoms with E-state index in [1.165, 1.54) is 23.1 Å². The fourth-order valence-electron chi connectivity index (χ4n) is 5.33. The lowest BCUT2D eigenvalue weighted by Crippen LogP contribution is -2.53. The van der Waals surface area contributed by atoms with Gasteiger partial charge in [-0.25, -0.2) is 8.42 Å². The minimum Gasteiger partial charge on any atom is -0.352 e.